The number of hydrogen-bond acceptors (Lipinski definition) is 3. The van der Waals surface area contributed by atoms with Gasteiger partial charge in [-0.05, 0) is 13.0 Å². The molecule has 2 aromatic rings. The summed E-state index contributed by atoms with van der Waals surface area (Å²) in [6.45, 7) is 1.43. The van der Waals surface area contributed by atoms with Gasteiger partial charge in [0.05, 0.1) is 11.0 Å². The van der Waals surface area contributed by atoms with Crippen molar-refractivity contribution >= 4 is 11.0 Å². The van der Waals surface area contributed by atoms with E-state index in [9.17, 15) is 8.78 Å². The molecule has 2 N–H and O–H groups in total. The van der Waals surface area contributed by atoms with Crippen LogP contribution in [0.3, 0.4) is 0 Å². The molecule has 0 saturated carbocycles. The van der Waals surface area contributed by atoms with E-state index in [-0.39, 0.29) is 0 Å². The second-order valence-corrected chi connectivity index (χ2v) is 4.01. The van der Waals surface area contributed by atoms with Crippen LogP contribution in [0.15, 0.2) is 12.1 Å². The molecular formula is C12H15F2N3O. The summed E-state index contributed by atoms with van der Waals surface area (Å²) in [5.41, 5.74) is 6.46. The summed E-state index contributed by atoms with van der Waals surface area (Å²) < 4.78 is 33.3. The highest BCUT2D eigenvalue weighted by Crippen LogP contribution is 2.20. The number of aryl methyl sites for hydroxylation is 1. The molecule has 0 spiro atoms. The normalized spacial score (nSPS) is 11.3. The van der Waals surface area contributed by atoms with Gasteiger partial charge in [0.2, 0.25) is 0 Å². The van der Waals surface area contributed by atoms with Crippen molar-refractivity contribution in [3.8, 4) is 0 Å². The van der Waals surface area contributed by atoms with E-state index in [4.69, 9.17) is 10.5 Å². The third-order valence-electron chi connectivity index (χ3n) is 2.73. The molecule has 98 valence electrons. The van der Waals surface area contributed by atoms with Crippen LogP contribution in [-0.4, -0.2) is 23.2 Å². The third-order valence-corrected chi connectivity index (χ3v) is 2.73. The largest absolute Gasteiger partial charge is 0.377 e. The monoisotopic (exact) mass is 255 g/mol. The molecule has 1 aromatic carbocycles. The zero-order valence-electron chi connectivity index (χ0n) is 10.1. The Kier molecular flexibility index (Phi) is 3.88. The lowest BCUT2D eigenvalue weighted by atomic mass is 10.3. The van der Waals surface area contributed by atoms with Crippen molar-refractivity contribution in [3.63, 3.8) is 0 Å². The van der Waals surface area contributed by atoms with Crippen LogP contribution in [0.5, 0.6) is 0 Å². The van der Waals surface area contributed by atoms with Crippen molar-refractivity contribution in [1.82, 2.24) is 9.55 Å². The molecule has 0 bridgehead atoms. The van der Waals surface area contributed by atoms with Crippen LogP contribution in [-0.2, 0) is 17.9 Å². The topological polar surface area (TPSA) is 53.1 Å². The van der Waals surface area contributed by atoms with Gasteiger partial charge in [0, 0.05) is 25.8 Å². The fourth-order valence-electron chi connectivity index (χ4n) is 1.91. The average molecular weight is 255 g/mol. The fraction of sp³-hybridized carbons (Fsp3) is 0.417. The van der Waals surface area contributed by atoms with Crippen LogP contribution in [0.1, 0.15) is 12.2 Å². The summed E-state index contributed by atoms with van der Waals surface area (Å²) >= 11 is 0. The van der Waals surface area contributed by atoms with Crippen LogP contribution in [0.25, 0.3) is 11.0 Å². The van der Waals surface area contributed by atoms with Crippen LogP contribution in [0.2, 0.25) is 0 Å². The number of benzene rings is 1. The van der Waals surface area contributed by atoms with Crippen molar-refractivity contribution < 1.29 is 13.5 Å². The molecule has 2 rings (SSSR count). The first-order valence-electron chi connectivity index (χ1n) is 5.70. The number of methoxy groups -OCH3 is 1. The van der Waals surface area contributed by atoms with E-state index in [0.29, 0.717) is 36.6 Å². The van der Waals surface area contributed by atoms with Crippen molar-refractivity contribution in [3.05, 3.63) is 29.6 Å². The summed E-state index contributed by atoms with van der Waals surface area (Å²) in [5.74, 6) is -1.12. The highest BCUT2D eigenvalue weighted by Gasteiger charge is 2.13. The second kappa shape index (κ2) is 5.41. The molecule has 18 heavy (non-hydrogen) atoms. The molecule has 0 aliphatic carbocycles. The van der Waals surface area contributed by atoms with Gasteiger partial charge in [0.25, 0.3) is 0 Å². The molecule has 0 saturated heterocycles. The average Bonchev–Trinajstić information content (AvgIpc) is 2.65. The number of rotatable bonds is 5. The maximum absolute atomic E-state index is 13.3. The van der Waals surface area contributed by atoms with Crippen molar-refractivity contribution in [2.45, 2.75) is 19.6 Å². The van der Waals surface area contributed by atoms with E-state index in [1.54, 1.807) is 7.11 Å². The lowest BCUT2D eigenvalue weighted by Gasteiger charge is -2.07. The Morgan fingerprint density at radius 2 is 2.06 bits per heavy atom. The smallest absolute Gasteiger partial charge is 0.161 e. The van der Waals surface area contributed by atoms with Crippen molar-refractivity contribution in [1.29, 1.82) is 0 Å². The van der Waals surface area contributed by atoms with Crippen LogP contribution < -0.4 is 5.73 Å². The van der Waals surface area contributed by atoms with Crippen molar-refractivity contribution in [2.75, 3.05) is 13.7 Å². The number of ether oxygens (including phenoxy) is 1. The molecule has 0 aliphatic heterocycles. The number of aromatic nitrogens is 2. The summed E-state index contributed by atoms with van der Waals surface area (Å²) in [5, 5.41) is 0. The lowest BCUT2D eigenvalue weighted by molar-refractivity contribution is 0.174. The van der Waals surface area contributed by atoms with E-state index < -0.39 is 11.6 Å². The van der Waals surface area contributed by atoms with E-state index in [2.05, 4.69) is 4.98 Å². The summed E-state index contributed by atoms with van der Waals surface area (Å²) in [6.07, 6.45) is 0.737. The predicted octanol–water partition coefficient (Wildman–Crippen LogP) is 1.81. The molecule has 0 aliphatic rings. The zero-order chi connectivity index (χ0) is 13.1. The van der Waals surface area contributed by atoms with Crippen LogP contribution >= 0.6 is 0 Å². The number of halogens is 2. The van der Waals surface area contributed by atoms with Gasteiger partial charge in [-0.25, -0.2) is 13.8 Å². The molecule has 0 atom stereocenters. The first-order chi connectivity index (χ1) is 8.67. The number of hydrogen-bond donors (Lipinski definition) is 1. The fourth-order valence-corrected chi connectivity index (χ4v) is 1.91. The molecule has 0 unspecified atom stereocenters. The van der Waals surface area contributed by atoms with E-state index in [0.717, 1.165) is 18.6 Å². The molecule has 4 nitrogen and oxygen atoms in total. The second-order valence-electron chi connectivity index (χ2n) is 4.01. The highest BCUT2D eigenvalue weighted by molar-refractivity contribution is 5.76. The molecular weight excluding hydrogens is 240 g/mol. The summed E-state index contributed by atoms with van der Waals surface area (Å²) in [6, 6.07) is 2.26. The van der Waals surface area contributed by atoms with E-state index >= 15 is 0 Å². The third kappa shape index (κ3) is 2.34. The maximum atomic E-state index is 13.3. The molecule has 0 radical (unpaired) electrons. The lowest BCUT2D eigenvalue weighted by Crippen LogP contribution is -2.09. The molecule has 6 heteroatoms. The van der Waals surface area contributed by atoms with Crippen LogP contribution in [0, 0.1) is 11.6 Å². The Balaban J connectivity index is 2.53. The number of nitrogens with two attached hydrogens (primary N) is 1. The van der Waals surface area contributed by atoms with Gasteiger partial charge in [-0.3, -0.25) is 0 Å². The molecule has 1 aromatic heterocycles. The van der Waals surface area contributed by atoms with Gasteiger partial charge < -0.3 is 15.0 Å². The Bertz CT molecular complexity index is 554. The standard InChI is InChI=1S/C12H15F2N3O/c1-18-7-12-16-10-5-8(13)9(14)6-11(10)17(12)4-2-3-15/h5-6H,2-4,7,15H2,1H3. The van der Waals surface area contributed by atoms with Gasteiger partial charge in [0.15, 0.2) is 11.6 Å². The number of imidazole rings is 1. The minimum atomic E-state index is -0.894. The van der Waals surface area contributed by atoms with Gasteiger partial charge in [0.1, 0.15) is 12.4 Å². The Morgan fingerprint density at radius 3 is 2.72 bits per heavy atom. The van der Waals surface area contributed by atoms with Gasteiger partial charge in [-0.2, -0.15) is 0 Å². The van der Waals surface area contributed by atoms with Gasteiger partial charge in [-0.15, -0.1) is 0 Å². The first-order valence-corrected chi connectivity index (χ1v) is 5.70. The highest BCUT2D eigenvalue weighted by atomic mass is 19.2. The minimum Gasteiger partial charge on any atom is -0.377 e. The van der Waals surface area contributed by atoms with E-state index in [1.165, 1.54) is 0 Å². The van der Waals surface area contributed by atoms with Crippen molar-refractivity contribution in [2.24, 2.45) is 5.73 Å². The predicted molar refractivity (Wildman–Crippen MR) is 64.0 cm³/mol. The van der Waals surface area contributed by atoms with E-state index in [1.807, 2.05) is 4.57 Å². The summed E-state index contributed by atoms with van der Waals surface area (Å²) in [4.78, 5) is 4.25. The molecule has 0 amide bonds. The quantitative estimate of drug-likeness (QED) is 0.886. The summed E-state index contributed by atoms with van der Waals surface area (Å²) in [7, 11) is 1.55. The number of nitrogens with zero attached hydrogens (tertiary/aromatic N) is 2. The van der Waals surface area contributed by atoms with Crippen LogP contribution in [0.4, 0.5) is 8.78 Å². The first kappa shape index (κ1) is 12.9. The number of fused-ring (bicyclic) bond motifs is 1. The van der Waals surface area contributed by atoms with Gasteiger partial charge in [-0.1, -0.05) is 0 Å². The molecule has 0 fully saturated rings. The Morgan fingerprint density at radius 1 is 1.33 bits per heavy atom. The zero-order valence-corrected chi connectivity index (χ0v) is 10.1. The Hall–Kier alpha value is -1.53. The maximum Gasteiger partial charge on any atom is 0.161 e. The molecule has 1 heterocycles. The minimum absolute atomic E-state index is 0.294. The SMILES string of the molecule is COCc1nc2cc(F)c(F)cc2n1CCCN. The van der Waals surface area contributed by atoms with Gasteiger partial charge >= 0.3 is 0 Å². The Labute approximate surface area is 103 Å².